The Morgan fingerprint density at radius 3 is 2.72 bits per heavy atom. The number of carbonyl (C=O) groups is 1. The lowest BCUT2D eigenvalue weighted by molar-refractivity contribution is -0.128. The molecule has 5 nitrogen and oxygen atoms in total. The first-order valence-corrected chi connectivity index (χ1v) is 8.79. The molecule has 1 fully saturated rings. The van der Waals surface area contributed by atoms with E-state index >= 15 is 0 Å². The predicted octanol–water partition coefficient (Wildman–Crippen LogP) is 3.60. The van der Waals surface area contributed by atoms with Gasteiger partial charge in [0.25, 0.3) is 0 Å². The smallest absolute Gasteiger partial charge is 0.225 e. The van der Waals surface area contributed by atoms with Crippen molar-refractivity contribution in [3.8, 4) is 11.5 Å². The van der Waals surface area contributed by atoms with Crippen LogP contribution < -0.4 is 20.5 Å². The van der Waals surface area contributed by atoms with Gasteiger partial charge in [0.05, 0.1) is 25.7 Å². The number of halogens is 1. The monoisotopic (exact) mass is 370 g/mol. The van der Waals surface area contributed by atoms with Crippen LogP contribution >= 0.6 is 12.4 Å². The molecule has 0 radical (unpaired) electrons. The van der Waals surface area contributed by atoms with Crippen molar-refractivity contribution in [2.75, 3.05) is 13.7 Å². The fraction of sp³-hybridized carbons (Fsp3) is 0.632. The van der Waals surface area contributed by atoms with Gasteiger partial charge in [0.2, 0.25) is 5.91 Å². The Morgan fingerprint density at radius 1 is 1.40 bits per heavy atom. The second-order valence-corrected chi connectivity index (χ2v) is 6.88. The summed E-state index contributed by atoms with van der Waals surface area (Å²) >= 11 is 0. The molecule has 1 aliphatic rings. The van der Waals surface area contributed by atoms with Crippen molar-refractivity contribution in [3.05, 3.63) is 23.8 Å². The molecule has 3 atom stereocenters. The zero-order valence-electron chi connectivity index (χ0n) is 15.6. The minimum atomic E-state index is -0.418. The summed E-state index contributed by atoms with van der Waals surface area (Å²) in [6.45, 7) is 6.48. The van der Waals surface area contributed by atoms with Crippen LogP contribution in [0.4, 0.5) is 0 Å². The minimum Gasteiger partial charge on any atom is -0.493 e. The van der Waals surface area contributed by atoms with Crippen LogP contribution in [-0.4, -0.2) is 25.2 Å². The first-order valence-electron chi connectivity index (χ1n) is 8.79. The molecule has 142 valence electrons. The van der Waals surface area contributed by atoms with Gasteiger partial charge in [0.1, 0.15) is 0 Å². The van der Waals surface area contributed by atoms with Crippen LogP contribution in [0.3, 0.4) is 0 Å². The van der Waals surface area contributed by atoms with Crippen LogP contribution in [-0.2, 0) is 4.79 Å². The van der Waals surface area contributed by atoms with Gasteiger partial charge in [-0.25, -0.2) is 0 Å². The largest absolute Gasteiger partial charge is 0.493 e. The Morgan fingerprint density at radius 2 is 2.12 bits per heavy atom. The zero-order chi connectivity index (χ0) is 17.7. The highest BCUT2D eigenvalue weighted by Crippen LogP contribution is 2.33. The molecule has 0 aromatic heterocycles. The summed E-state index contributed by atoms with van der Waals surface area (Å²) < 4.78 is 10.9. The number of nitrogens with two attached hydrogens (primary N) is 1. The highest BCUT2D eigenvalue weighted by molar-refractivity contribution is 5.85. The van der Waals surface area contributed by atoms with E-state index in [0.717, 1.165) is 31.2 Å². The summed E-state index contributed by atoms with van der Waals surface area (Å²) in [7, 11) is 1.62. The van der Waals surface area contributed by atoms with Gasteiger partial charge in [0, 0.05) is 5.54 Å². The van der Waals surface area contributed by atoms with Gasteiger partial charge < -0.3 is 20.5 Å². The third-order valence-electron chi connectivity index (χ3n) is 4.92. The van der Waals surface area contributed by atoms with Gasteiger partial charge in [0.15, 0.2) is 11.5 Å². The van der Waals surface area contributed by atoms with Crippen molar-refractivity contribution in [3.63, 3.8) is 0 Å². The van der Waals surface area contributed by atoms with Crippen LogP contribution in [0.2, 0.25) is 0 Å². The van der Waals surface area contributed by atoms with Gasteiger partial charge >= 0.3 is 0 Å². The zero-order valence-corrected chi connectivity index (χ0v) is 16.4. The summed E-state index contributed by atoms with van der Waals surface area (Å²) in [6.07, 6.45) is 3.92. The SMILES string of the molecule is CCOc1ccc(C(C)NC(=O)C2CCCCC2(C)N)cc1OC.Cl. The summed E-state index contributed by atoms with van der Waals surface area (Å²) in [5.74, 6) is 1.30. The molecule has 25 heavy (non-hydrogen) atoms. The van der Waals surface area contributed by atoms with E-state index in [2.05, 4.69) is 5.32 Å². The second-order valence-electron chi connectivity index (χ2n) is 6.88. The molecule has 3 unspecified atom stereocenters. The van der Waals surface area contributed by atoms with Crippen LogP contribution in [0, 0.1) is 5.92 Å². The van der Waals surface area contributed by atoms with Gasteiger partial charge in [-0.15, -0.1) is 12.4 Å². The number of ether oxygens (including phenoxy) is 2. The first-order chi connectivity index (χ1) is 11.4. The van der Waals surface area contributed by atoms with Crippen LogP contribution in [0.15, 0.2) is 18.2 Å². The van der Waals surface area contributed by atoms with E-state index in [1.54, 1.807) is 7.11 Å². The molecule has 1 amide bonds. The van der Waals surface area contributed by atoms with Crippen molar-refractivity contribution >= 4 is 18.3 Å². The maximum absolute atomic E-state index is 12.7. The van der Waals surface area contributed by atoms with Crippen molar-refractivity contribution in [2.24, 2.45) is 11.7 Å². The van der Waals surface area contributed by atoms with E-state index < -0.39 is 5.54 Å². The fourth-order valence-electron chi connectivity index (χ4n) is 3.41. The first kappa shape index (κ1) is 21.6. The molecular formula is C19H31ClN2O3. The maximum atomic E-state index is 12.7. The summed E-state index contributed by atoms with van der Waals surface area (Å²) in [4.78, 5) is 12.7. The fourth-order valence-corrected chi connectivity index (χ4v) is 3.41. The van der Waals surface area contributed by atoms with Crippen LogP contribution in [0.1, 0.15) is 58.1 Å². The van der Waals surface area contributed by atoms with Crippen molar-refractivity contribution in [1.29, 1.82) is 0 Å². The molecule has 2 rings (SSSR count). The molecule has 1 aromatic carbocycles. The molecule has 1 aliphatic carbocycles. The lowest BCUT2D eigenvalue weighted by atomic mass is 9.74. The highest BCUT2D eigenvalue weighted by atomic mass is 35.5. The topological polar surface area (TPSA) is 73.6 Å². The Hall–Kier alpha value is -1.46. The maximum Gasteiger partial charge on any atom is 0.225 e. The van der Waals surface area contributed by atoms with Crippen LogP contribution in [0.5, 0.6) is 11.5 Å². The van der Waals surface area contributed by atoms with Crippen molar-refractivity contribution in [2.45, 2.75) is 58.0 Å². The Kier molecular flexibility index (Phi) is 8.03. The van der Waals surface area contributed by atoms with Crippen LogP contribution in [0.25, 0.3) is 0 Å². The average molecular weight is 371 g/mol. The standard InChI is InChI=1S/C19H30N2O3.ClH/c1-5-24-16-10-9-14(12-17(16)23-4)13(2)21-18(22)15-8-6-7-11-19(15,3)20;/h9-10,12-13,15H,5-8,11,20H2,1-4H3,(H,21,22);1H. The third-order valence-corrected chi connectivity index (χ3v) is 4.92. The number of carbonyl (C=O) groups excluding carboxylic acids is 1. The highest BCUT2D eigenvalue weighted by Gasteiger charge is 2.38. The molecule has 0 heterocycles. The van der Waals surface area contributed by atoms with E-state index in [4.69, 9.17) is 15.2 Å². The summed E-state index contributed by atoms with van der Waals surface area (Å²) in [5, 5.41) is 3.11. The van der Waals surface area contributed by atoms with Gasteiger partial charge in [-0.05, 0) is 51.3 Å². The molecule has 0 aliphatic heterocycles. The Labute approximate surface area is 157 Å². The van der Waals surface area contributed by atoms with Crippen molar-refractivity contribution in [1.82, 2.24) is 5.32 Å². The number of amides is 1. The predicted molar refractivity (Wildman–Crippen MR) is 103 cm³/mol. The van der Waals surface area contributed by atoms with Gasteiger partial charge in [-0.2, -0.15) is 0 Å². The lowest BCUT2D eigenvalue weighted by Gasteiger charge is -2.37. The number of hydrogen-bond acceptors (Lipinski definition) is 4. The van der Waals surface area contributed by atoms with E-state index in [9.17, 15) is 4.79 Å². The molecule has 3 N–H and O–H groups in total. The second kappa shape index (κ2) is 9.30. The Bertz CT molecular complexity index is 578. The molecule has 1 saturated carbocycles. The van der Waals surface area contributed by atoms with Crippen molar-refractivity contribution < 1.29 is 14.3 Å². The van der Waals surface area contributed by atoms with Gasteiger partial charge in [-0.3, -0.25) is 4.79 Å². The minimum absolute atomic E-state index is 0. The Balaban J connectivity index is 0.00000312. The molecular weight excluding hydrogens is 340 g/mol. The van der Waals surface area contributed by atoms with Gasteiger partial charge in [-0.1, -0.05) is 18.9 Å². The van der Waals surface area contributed by atoms with E-state index in [-0.39, 0.29) is 30.3 Å². The van der Waals surface area contributed by atoms with E-state index in [1.165, 1.54) is 0 Å². The average Bonchev–Trinajstić information content (AvgIpc) is 2.54. The molecule has 0 spiro atoms. The summed E-state index contributed by atoms with van der Waals surface area (Å²) in [6, 6.07) is 5.65. The normalized spacial score (nSPS) is 24.0. The molecule has 6 heteroatoms. The lowest BCUT2D eigenvalue weighted by Crippen LogP contribution is -2.53. The molecule has 1 aromatic rings. The molecule has 0 saturated heterocycles. The number of hydrogen-bond donors (Lipinski definition) is 2. The number of methoxy groups -OCH3 is 1. The summed E-state index contributed by atoms with van der Waals surface area (Å²) in [5.41, 5.74) is 6.91. The van der Waals surface area contributed by atoms with E-state index in [0.29, 0.717) is 18.1 Å². The van der Waals surface area contributed by atoms with E-state index in [1.807, 2.05) is 39.0 Å². The number of rotatable bonds is 6. The quantitative estimate of drug-likeness (QED) is 0.802. The number of benzene rings is 1. The molecule has 0 bridgehead atoms. The number of nitrogens with one attached hydrogen (secondary N) is 1. The third kappa shape index (κ3) is 5.25.